The highest BCUT2D eigenvalue weighted by Crippen LogP contribution is 2.15. The monoisotopic (exact) mass is 271 g/mol. The Kier molecular flexibility index (Phi) is 4.26. The zero-order valence-corrected chi connectivity index (χ0v) is 9.37. The topological polar surface area (TPSA) is 84.2 Å². The van der Waals surface area contributed by atoms with Crippen molar-refractivity contribution in [2.75, 3.05) is 6.54 Å². The molecule has 0 saturated heterocycles. The van der Waals surface area contributed by atoms with Crippen LogP contribution in [0.15, 0.2) is 28.7 Å². The summed E-state index contributed by atoms with van der Waals surface area (Å²) in [6, 6.07) is 6.94. The van der Waals surface area contributed by atoms with Crippen LogP contribution in [0, 0.1) is 0 Å². The molecule has 0 unspecified atom stereocenters. The summed E-state index contributed by atoms with van der Waals surface area (Å²) in [5.74, 6) is 4.09. The Labute approximate surface area is 95.1 Å². The number of rotatable bonds is 3. The van der Waals surface area contributed by atoms with Gasteiger partial charge in [-0.15, -0.1) is 0 Å². The molecule has 15 heavy (non-hydrogen) atoms. The highest BCUT2D eigenvalue weighted by molar-refractivity contribution is 9.10. The Morgan fingerprint density at radius 1 is 1.33 bits per heavy atom. The molecule has 0 aliphatic heterocycles. The van der Waals surface area contributed by atoms with Gasteiger partial charge in [0.05, 0.1) is 12.1 Å². The molecule has 1 aromatic carbocycles. The van der Waals surface area contributed by atoms with Gasteiger partial charge in [0, 0.05) is 4.47 Å². The maximum Gasteiger partial charge on any atom is 0.253 e. The Balaban J connectivity index is 2.62. The van der Waals surface area contributed by atoms with Crippen LogP contribution < -0.4 is 16.6 Å². The molecule has 5 nitrogen and oxygen atoms in total. The van der Waals surface area contributed by atoms with Crippen molar-refractivity contribution in [3.05, 3.63) is 34.3 Å². The normalized spacial score (nSPS) is 9.47. The largest absolute Gasteiger partial charge is 0.343 e. The van der Waals surface area contributed by atoms with Crippen molar-refractivity contribution in [2.45, 2.75) is 0 Å². The number of nitrogens with one attached hydrogen (secondary N) is 2. The van der Waals surface area contributed by atoms with Crippen molar-refractivity contribution in [3.63, 3.8) is 0 Å². The van der Waals surface area contributed by atoms with Gasteiger partial charge in [-0.1, -0.05) is 12.1 Å². The first-order valence-electron chi connectivity index (χ1n) is 4.17. The van der Waals surface area contributed by atoms with E-state index in [0.717, 1.165) is 0 Å². The van der Waals surface area contributed by atoms with Gasteiger partial charge >= 0.3 is 0 Å². The fourth-order valence-electron chi connectivity index (χ4n) is 0.952. The van der Waals surface area contributed by atoms with Gasteiger partial charge in [0.25, 0.3) is 11.8 Å². The number of amides is 2. The zero-order chi connectivity index (χ0) is 11.3. The smallest absolute Gasteiger partial charge is 0.253 e. The quantitative estimate of drug-likeness (QED) is 0.416. The number of benzene rings is 1. The third-order valence-electron chi connectivity index (χ3n) is 1.69. The maximum atomic E-state index is 11.5. The van der Waals surface area contributed by atoms with Gasteiger partial charge in [-0.25, -0.2) is 5.84 Å². The second-order valence-electron chi connectivity index (χ2n) is 2.73. The standard InChI is InChI=1S/C9H10BrN3O2/c10-7-4-2-1-3-6(7)9(15)12-5-8(14)13-11/h1-4H,5,11H2,(H,12,15)(H,13,14). The minimum atomic E-state index is -0.449. The lowest BCUT2D eigenvalue weighted by molar-refractivity contribution is -0.120. The number of hydrogen-bond acceptors (Lipinski definition) is 3. The number of carbonyl (C=O) groups excluding carboxylic acids is 2. The molecule has 0 bridgehead atoms. The molecule has 0 aliphatic rings. The summed E-state index contributed by atoms with van der Waals surface area (Å²) in [4.78, 5) is 22.3. The lowest BCUT2D eigenvalue weighted by Gasteiger charge is -2.05. The van der Waals surface area contributed by atoms with Crippen LogP contribution in [-0.4, -0.2) is 18.4 Å². The second-order valence-corrected chi connectivity index (χ2v) is 3.58. The Hall–Kier alpha value is -1.40. The Morgan fingerprint density at radius 3 is 2.60 bits per heavy atom. The van der Waals surface area contributed by atoms with Crippen LogP contribution in [0.4, 0.5) is 0 Å². The van der Waals surface area contributed by atoms with Gasteiger partial charge in [0.1, 0.15) is 0 Å². The second kappa shape index (κ2) is 5.47. The van der Waals surface area contributed by atoms with Crippen LogP contribution in [0.1, 0.15) is 10.4 Å². The lowest BCUT2D eigenvalue weighted by Crippen LogP contribution is -2.40. The van der Waals surface area contributed by atoms with E-state index >= 15 is 0 Å². The van der Waals surface area contributed by atoms with Gasteiger partial charge in [0.15, 0.2) is 0 Å². The van der Waals surface area contributed by atoms with E-state index in [9.17, 15) is 9.59 Å². The van der Waals surface area contributed by atoms with Crippen molar-refractivity contribution in [3.8, 4) is 0 Å². The summed E-state index contributed by atoms with van der Waals surface area (Å²) >= 11 is 3.23. The molecule has 0 aliphatic carbocycles. The predicted octanol–water partition coefficient (Wildman–Crippen LogP) is 0.169. The van der Waals surface area contributed by atoms with Crippen molar-refractivity contribution >= 4 is 27.7 Å². The molecule has 80 valence electrons. The summed E-state index contributed by atoms with van der Waals surface area (Å²) < 4.78 is 0.677. The summed E-state index contributed by atoms with van der Waals surface area (Å²) in [5.41, 5.74) is 2.40. The summed E-state index contributed by atoms with van der Waals surface area (Å²) in [7, 11) is 0. The third kappa shape index (κ3) is 3.34. The van der Waals surface area contributed by atoms with E-state index in [0.29, 0.717) is 10.0 Å². The van der Waals surface area contributed by atoms with Gasteiger partial charge in [0.2, 0.25) is 0 Å². The molecule has 4 N–H and O–H groups in total. The molecular weight excluding hydrogens is 262 g/mol. The highest BCUT2D eigenvalue weighted by Gasteiger charge is 2.09. The molecule has 0 radical (unpaired) electrons. The van der Waals surface area contributed by atoms with Crippen molar-refractivity contribution in [1.29, 1.82) is 0 Å². The molecule has 2 amide bonds. The van der Waals surface area contributed by atoms with E-state index in [1.54, 1.807) is 24.3 Å². The molecule has 1 aromatic rings. The first-order valence-corrected chi connectivity index (χ1v) is 4.96. The van der Waals surface area contributed by atoms with Gasteiger partial charge in [-0.2, -0.15) is 0 Å². The summed E-state index contributed by atoms with van der Waals surface area (Å²) in [6.45, 7) is -0.142. The van der Waals surface area contributed by atoms with E-state index in [4.69, 9.17) is 5.84 Å². The lowest BCUT2D eigenvalue weighted by atomic mass is 10.2. The molecule has 0 heterocycles. The van der Waals surface area contributed by atoms with Crippen LogP contribution in [0.5, 0.6) is 0 Å². The number of nitrogens with two attached hydrogens (primary N) is 1. The predicted molar refractivity (Wildman–Crippen MR) is 58.8 cm³/mol. The van der Waals surface area contributed by atoms with Crippen molar-refractivity contribution in [2.24, 2.45) is 5.84 Å². The fraction of sp³-hybridized carbons (Fsp3) is 0.111. The molecule has 1 rings (SSSR count). The van der Waals surface area contributed by atoms with Crippen LogP contribution in [0.25, 0.3) is 0 Å². The number of carbonyl (C=O) groups is 2. The third-order valence-corrected chi connectivity index (χ3v) is 2.38. The van der Waals surface area contributed by atoms with E-state index in [-0.39, 0.29) is 12.5 Å². The minimum absolute atomic E-state index is 0.142. The Bertz CT molecular complexity index is 381. The van der Waals surface area contributed by atoms with Gasteiger partial charge in [-0.3, -0.25) is 15.0 Å². The SMILES string of the molecule is NNC(=O)CNC(=O)c1ccccc1Br. The van der Waals surface area contributed by atoms with E-state index in [1.807, 2.05) is 5.43 Å². The molecular formula is C9H10BrN3O2. The summed E-state index contributed by atoms with van der Waals surface area (Å²) in [6.07, 6.45) is 0. The average molecular weight is 272 g/mol. The Morgan fingerprint density at radius 2 is 2.00 bits per heavy atom. The van der Waals surface area contributed by atoms with E-state index in [1.165, 1.54) is 0 Å². The van der Waals surface area contributed by atoms with Crippen molar-refractivity contribution in [1.82, 2.24) is 10.7 Å². The number of halogens is 1. The molecule has 0 spiro atoms. The minimum Gasteiger partial charge on any atom is -0.343 e. The first-order chi connectivity index (χ1) is 7.15. The fourth-order valence-corrected chi connectivity index (χ4v) is 1.42. The van der Waals surface area contributed by atoms with Crippen LogP contribution in [0.2, 0.25) is 0 Å². The van der Waals surface area contributed by atoms with Gasteiger partial charge in [-0.05, 0) is 28.1 Å². The van der Waals surface area contributed by atoms with Crippen molar-refractivity contribution < 1.29 is 9.59 Å². The number of hydrogen-bond donors (Lipinski definition) is 3. The molecule has 0 saturated carbocycles. The molecule has 0 aromatic heterocycles. The van der Waals surface area contributed by atoms with E-state index < -0.39 is 5.91 Å². The number of hydrazine groups is 1. The molecule has 0 fully saturated rings. The van der Waals surface area contributed by atoms with Crippen LogP contribution in [0.3, 0.4) is 0 Å². The summed E-state index contributed by atoms with van der Waals surface area (Å²) in [5, 5.41) is 2.43. The molecule has 6 heteroatoms. The average Bonchev–Trinajstić information content (AvgIpc) is 2.26. The first kappa shape index (κ1) is 11.7. The zero-order valence-electron chi connectivity index (χ0n) is 7.79. The van der Waals surface area contributed by atoms with Gasteiger partial charge < -0.3 is 5.32 Å². The maximum absolute atomic E-state index is 11.5. The van der Waals surface area contributed by atoms with Crippen LogP contribution >= 0.6 is 15.9 Å². The van der Waals surface area contributed by atoms with E-state index in [2.05, 4.69) is 21.2 Å². The van der Waals surface area contributed by atoms with Crippen LogP contribution in [-0.2, 0) is 4.79 Å². The highest BCUT2D eigenvalue weighted by atomic mass is 79.9. The molecule has 0 atom stereocenters.